The Hall–Kier alpha value is -9.45. The first-order chi connectivity index (χ1) is 35.7. The van der Waals surface area contributed by atoms with Crippen molar-refractivity contribution in [3.63, 3.8) is 0 Å². The highest BCUT2D eigenvalue weighted by molar-refractivity contribution is 6.14. The van der Waals surface area contributed by atoms with Gasteiger partial charge in [-0.25, -0.2) is 15.0 Å². The molecule has 2 aliphatic heterocycles. The second-order valence-corrected chi connectivity index (χ2v) is 19.1. The van der Waals surface area contributed by atoms with Crippen molar-refractivity contribution in [2.45, 2.75) is 5.92 Å². The Morgan fingerprint density at radius 2 is 1.03 bits per heavy atom. The summed E-state index contributed by atoms with van der Waals surface area (Å²) in [5.74, 6) is 2.36. The standard InChI is InChI=1S/C67H43N5/c1-3-18-43(19-4-1)61-56-30-16-15-29-55(56)58-38-50-37-47-23-11-14-28-54(47)63(57(50)40-59(58)61)66-68-41-69-67(70-66)65-64(49-32-31-42-17-7-8-20-44(42)35-49)71-34-33-48(39-60(71)72(65)51-24-5-2-6-25-51)62-52-26-12-9-21-45(52)36-46-22-10-13-27-53(46)62/h1-33,35-41,61H,34H2. The van der Waals surface area contributed by atoms with Gasteiger partial charge in [-0.05, 0) is 141 Å². The molecule has 0 fully saturated rings. The number of nitrogens with zero attached hydrogens (tertiary/aromatic N) is 5. The molecule has 5 nitrogen and oxygen atoms in total. The quantitative estimate of drug-likeness (QED) is 0.156. The van der Waals surface area contributed by atoms with Crippen molar-refractivity contribution in [1.29, 1.82) is 0 Å². The molecule has 0 radical (unpaired) electrons. The van der Waals surface area contributed by atoms with Gasteiger partial charge in [0.1, 0.15) is 17.8 Å². The summed E-state index contributed by atoms with van der Waals surface area (Å²) >= 11 is 0. The fraction of sp³-hybridized carbons (Fsp3) is 0.0299. The Morgan fingerprint density at radius 3 is 1.78 bits per heavy atom. The molecule has 3 aliphatic rings. The van der Waals surface area contributed by atoms with E-state index in [0.717, 1.165) is 55.6 Å². The largest absolute Gasteiger partial charge is 0.321 e. The van der Waals surface area contributed by atoms with Crippen LogP contribution in [0, 0.1) is 0 Å². The first-order valence-electron chi connectivity index (χ1n) is 24.7. The van der Waals surface area contributed by atoms with Crippen LogP contribution in [0.25, 0.3) is 93.3 Å². The number of aromatic nitrogens is 3. The van der Waals surface area contributed by atoms with Crippen LogP contribution in [0.4, 0.5) is 5.69 Å². The number of allylic oxidation sites excluding steroid dienone is 2. The van der Waals surface area contributed by atoms with E-state index in [4.69, 9.17) is 15.0 Å². The fourth-order valence-electron chi connectivity index (χ4n) is 12.0. The summed E-state index contributed by atoms with van der Waals surface area (Å²) in [6.07, 6.45) is 6.49. The van der Waals surface area contributed by atoms with E-state index in [-0.39, 0.29) is 5.92 Å². The molecule has 12 aromatic rings. The number of benzene rings is 11. The Bertz CT molecular complexity index is 4270. The van der Waals surface area contributed by atoms with E-state index in [1.165, 1.54) is 71.3 Å². The zero-order valence-corrected chi connectivity index (χ0v) is 39.1. The topological polar surface area (TPSA) is 45.2 Å². The molecule has 3 heterocycles. The van der Waals surface area contributed by atoms with Crippen molar-refractivity contribution in [3.05, 3.63) is 282 Å². The van der Waals surface area contributed by atoms with Crippen molar-refractivity contribution >= 4 is 76.5 Å². The van der Waals surface area contributed by atoms with Gasteiger partial charge in [-0.1, -0.05) is 188 Å². The Morgan fingerprint density at radius 1 is 0.417 bits per heavy atom. The SMILES string of the molecule is C1=C(c2c3ccccc3cc3ccccc23)C=C2N(C1)C(c1ccc3ccccc3c1)=C(c1ncnc(-c3c4ccccc4cc4cc5c(cc34)C(c3ccccc3)c3ccccc3-5)n1)N2c1ccccc1. The minimum Gasteiger partial charge on any atom is -0.321 e. The maximum atomic E-state index is 5.67. The molecular formula is C67H43N5. The second kappa shape index (κ2) is 16.1. The van der Waals surface area contributed by atoms with Gasteiger partial charge in [0.2, 0.25) is 0 Å². The lowest BCUT2D eigenvalue weighted by molar-refractivity contribution is 0.548. The monoisotopic (exact) mass is 917 g/mol. The van der Waals surface area contributed by atoms with E-state index < -0.39 is 0 Å². The Balaban J connectivity index is 0.976. The van der Waals surface area contributed by atoms with Gasteiger partial charge < -0.3 is 4.90 Å². The summed E-state index contributed by atoms with van der Waals surface area (Å²) in [5, 5.41) is 11.8. The summed E-state index contributed by atoms with van der Waals surface area (Å²) in [5.41, 5.74) is 13.9. The highest BCUT2D eigenvalue weighted by Crippen LogP contribution is 2.52. The molecule has 0 saturated carbocycles. The van der Waals surface area contributed by atoms with E-state index in [0.29, 0.717) is 18.2 Å². The van der Waals surface area contributed by atoms with Gasteiger partial charge in [-0.2, -0.15) is 0 Å². The molecule has 11 aromatic carbocycles. The van der Waals surface area contributed by atoms with E-state index in [2.05, 4.69) is 246 Å². The molecule has 1 aliphatic carbocycles. The third-order valence-electron chi connectivity index (χ3n) is 15.1. The highest BCUT2D eigenvalue weighted by atomic mass is 15.4. The van der Waals surface area contributed by atoms with Crippen molar-refractivity contribution in [3.8, 4) is 22.5 Å². The molecule has 1 unspecified atom stereocenters. The zero-order chi connectivity index (χ0) is 47.3. The van der Waals surface area contributed by atoms with Crippen LogP contribution < -0.4 is 4.90 Å². The summed E-state index contributed by atoms with van der Waals surface area (Å²) in [4.78, 5) is 20.8. The molecule has 0 saturated heterocycles. The number of anilines is 1. The van der Waals surface area contributed by atoms with E-state index in [1.807, 2.05) is 0 Å². The molecule has 1 aromatic heterocycles. The minimum absolute atomic E-state index is 0.0960. The number of rotatable bonds is 6. The third kappa shape index (κ3) is 6.24. The first kappa shape index (κ1) is 40.4. The number of para-hydroxylation sites is 1. The van der Waals surface area contributed by atoms with E-state index >= 15 is 0 Å². The van der Waals surface area contributed by atoms with Crippen molar-refractivity contribution < 1.29 is 0 Å². The molecule has 0 N–H and O–H groups in total. The van der Waals surface area contributed by atoms with Crippen LogP contribution in [0.2, 0.25) is 0 Å². The number of hydrogen-bond acceptors (Lipinski definition) is 5. The van der Waals surface area contributed by atoms with Crippen LogP contribution in [0.1, 0.15) is 39.6 Å². The molecule has 0 bridgehead atoms. The van der Waals surface area contributed by atoms with Gasteiger partial charge in [0.05, 0.1) is 5.70 Å². The van der Waals surface area contributed by atoms with Crippen LogP contribution >= 0.6 is 0 Å². The predicted molar refractivity (Wildman–Crippen MR) is 297 cm³/mol. The molecule has 336 valence electrons. The average molecular weight is 918 g/mol. The summed E-state index contributed by atoms with van der Waals surface area (Å²) in [6, 6.07) is 81.6. The second-order valence-electron chi connectivity index (χ2n) is 19.1. The van der Waals surface area contributed by atoms with Gasteiger partial charge in [0, 0.05) is 29.3 Å². The van der Waals surface area contributed by atoms with Crippen molar-refractivity contribution in [2.75, 3.05) is 11.4 Å². The molecule has 15 rings (SSSR count). The molecule has 0 amide bonds. The van der Waals surface area contributed by atoms with Gasteiger partial charge in [0.15, 0.2) is 11.6 Å². The normalized spacial score (nSPS) is 15.1. The lowest BCUT2D eigenvalue weighted by Gasteiger charge is -2.31. The summed E-state index contributed by atoms with van der Waals surface area (Å²) in [6.45, 7) is 0.635. The van der Waals surface area contributed by atoms with Crippen LogP contribution in [-0.2, 0) is 0 Å². The Labute approximate surface area is 416 Å². The molecule has 72 heavy (non-hydrogen) atoms. The molecule has 1 atom stereocenters. The maximum absolute atomic E-state index is 5.67. The van der Waals surface area contributed by atoms with Crippen molar-refractivity contribution in [1.82, 2.24) is 19.9 Å². The van der Waals surface area contributed by atoms with Crippen LogP contribution in [0.15, 0.2) is 249 Å². The van der Waals surface area contributed by atoms with Gasteiger partial charge in [-0.15, -0.1) is 0 Å². The molecule has 5 heteroatoms. The lowest BCUT2D eigenvalue weighted by atomic mass is 9.87. The van der Waals surface area contributed by atoms with Crippen LogP contribution in [-0.4, -0.2) is 26.4 Å². The summed E-state index contributed by atoms with van der Waals surface area (Å²) < 4.78 is 0. The third-order valence-corrected chi connectivity index (χ3v) is 15.1. The highest BCUT2D eigenvalue weighted by Gasteiger charge is 2.40. The lowest BCUT2D eigenvalue weighted by Crippen LogP contribution is -2.28. The zero-order valence-electron chi connectivity index (χ0n) is 39.1. The van der Waals surface area contributed by atoms with Crippen molar-refractivity contribution in [2.24, 2.45) is 0 Å². The predicted octanol–water partition coefficient (Wildman–Crippen LogP) is 16.1. The van der Waals surface area contributed by atoms with Gasteiger partial charge in [-0.3, -0.25) is 4.90 Å². The molecule has 0 spiro atoms. The van der Waals surface area contributed by atoms with E-state index in [9.17, 15) is 0 Å². The number of hydrogen-bond donors (Lipinski definition) is 0. The maximum Gasteiger partial charge on any atom is 0.182 e. The average Bonchev–Trinajstić information content (AvgIpc) is 3.96. The minimum atomic E-state index is 0.0960. The van der Waals surface area contributed by atoms with Crippen LogP contribution in [0.5, 0.6) is 0 Å². The number of fused-ring (bicyclic) bond motifs is 9. The first-order valence-corrected chi connectivity index (χ1v) is 24.7. The van der Waals surface area contributed by atoms with Gasteiger partial charge >= 0.3 is 0 Å². The van der Waals surface area contributed by atoms with Crippen LogP contribution in [0.3, 0.4) is 0 Å². The molecular weight excluding hydrogens is 875 g/mol. The Kier molecular flexibility index (Phi) is 9.02. The van der Waals surface area contributed by atoms with E-state index in [1.54, 1.807) is 6.33 Å². The van der Waals surface area contributed by atoms with Gasteiger partial charge in [0.25, 0.3) is 0 Å². The fourth-order valence-corrected chi connectivity index (χ4v) is 12.0. The summed E-state index contributed by atoms with van der Waals surface area (Å²) in [7, 11) is 0. The smallest absolute Gasteiger partial charge is 0.182 e.